The van der Waals surface area contributed by atoms with Crippen molar-refractivity contribution in [2.24, 2.45) is 0 Å². The minimum Gasteiger partial charge on any atom is -0.386 e. The summed E-state index contributed by atoms with van der Waals surface area (Å²) in [5, 5.41) is 11.0. The number of aliphatic hydroxyl groups is 1. The van der Waals surface area contributed by atoms with Crippen LogP contribution < -0.4 is 0 Å². The van der Waals surface area contributed by atoms with E-state index >= 15 is 0 Å². The molecule has 1 rings (SSSR count). The van der Waals surface area contributed by atoms with Crippen LogP contribution in [-0.2, 0) is 4.74 Å². The lowest BCUT2D eigenvalue weighted by Gasteiger charge is -2.24. The summed E-state index contributed by atoms with van der Waals surface area (Å²) < 4.78 is 5.37. The van der Waals surface area contributed by atoms with Crippen molar-refractivity contribution in [2.75, 3.05) is 7.11 Å². The van der Waals surface area contributed by atoms with Gasteiger partial charge in [0.25, 0.3) is 0 Å². The van der Waals surface area contributed by atoms with E-state index in [9.17, 15) is 5.11 Å². The molecule has 0 bridgehead atoms. The molecule has 0 saturated carbocycles. The maximum atomic E-state index is 10.4. The third-order valence-electron chi connectivity index (χ3n) is 3.06. The average molecular weight is 257 g/mol. The fourth-order valence-corrected chi connectivity index (χ4v) is 2.35. The molecule has 96 valence electrons. The average Bonchev–Trinajstić information content (AvgIpc) is 2.30. The number of aliphatic hydroxyl groups excluding tert-OH is 1. The van der Waals surface area contributed by atoms with Gasteiger partial charge in [-0.15, -0.1) is 0 Å². The summed E-state index contributed by atoms with van der Waals surface area (Å²) in [5.74, 6) is 0. The number of hydrogen-bond donors (Lipinski definition) is 1. The number of benzene rings is 1. The fraction of sp³-hybridized carbons (Fsp3) is 0.571. The summed E-state index contributed by atoms with van der Waals surface area (Å²) in [7, 11) is 1.63. The molecule has 17 heavy (non-hydrogen) atoms. The van der Waals surface area contributed by atoms with Crippen LogP contribution in [0.15, 0.2) is 18.2 Å². The third kappa shape index (κ3) is 3.70. The highest BCUT2D eigenvalue weighted by Crippen LogP contribution is 2.31. The zero-order valence-electron chi connectivity index (χ0n) is 10.7. The molecule has 0 aliphatic rings. The van der Waals surface area contributed by atoms with Crippen LogP contribution in [-0.4, -0.2) is 18.3 Å². The first-order valence-electron chi connectivity index (χ1n) is 6.07. The normalized spacial score (nSPS) is 14.6. The van der Waals surface area contributed by atoms with E-state index in [1.807, 2.05) is 19.1 Å². The lowest BCUT2D eigenvalue weighted by atomic mass is 9.96. The maximum absolute atomic E-state index is 10.4. The second kappa shape index (κ2) is 7.00. The first-order valence-corrected chi connectivity index (χ1v) is 6.45. The zero-order valence-corrected chi connectivity index (χ0v) is 11.5. The molecular weight excluding hydrogens is 236 g/mol. The van der Waals surface area contributed by atoms with E-state index < -0.39 is 6.10 Å². The van der Waals surface area contributed by atoms with E-state index in [0.717, 1.165) is 30.4 Å². The summed E-state index contributed by atoms with van der Waals surface area (Å²) in [6.45, 7) is 4.08. The van der Waals surface area contributed by atoms with Crippen molar-refractivity contribution in [3.63, 3.8) is 0 Å². The first-order chi connectivity index (χ1) is 8.11. The lowest BCUT2D eigenvalue weighted by molar-refractivity contribution is -0.0189. The fourth-order valence-electron chi connectivity index (χ4n) is 2.02. The molecule has 1 N–H and O–H groups in total. The predicted octanol–water partition coefficient (Wildman–Crippen LogP) is 3.89. The Labute approximate surface area is 109 Å². The number of aryl methyl sites for hydroxylation is 1. The van der Waals surface area contributed by atoms with Gasteiger partial charge < -0.3 is 9.84 Å². The van der Waals surface area contributed by atoms with E-state index in [1.54, 1.807) is 13.2 Å². The predicted molar refractivity (Wildman–Crippen MR) is 71.5 cm³/mol. The molecule has 1 unspecified atom stereocenters. The second-order valence-corrected chi connectivity index (χ2v) is 4.74. The number of ether oxygens (including phenoxy) is 1. The summed E-state index contributed by atoms with van der Waals surface area (Å²) in [4.78, 5) is 0. The Hall–Kier alpha value is -0.570. The van der Waals surface area contributed by atoms with Crippen molar-refractivity contribution in [1.82, 2.24) is 0 Å². The van der Waals surface area contributed by atoms with E-state index in [2.05, 4.69) is 6.92 Å². The number of halogens is 1. The van der Waals surface area contributed by atoms with Crippen molar-refractivity contribution in [2.45, 2.75) is 45.3 Å². The molecule has 2 nitrogen and oxygen atoms in total. The van der Waals surface area contributed by atoms with Crippen molar-refractivity contribution < 1.29 is 9.84 Å². The highest BCUT2D eigenvalue weighted by Gasteiger charge is 2.23. The molecule has 0 saturated heterocycles. The number of methoxy groups -OCH3 is 1. The molecule has 0 spiro atoms. The van der Waals surface area contributed by atoms with Gasteiger partial charge in [0.2, 0.25) is 0 Å². The Bertz CT molecular complexity index is 332. The van der Waals surface area contributed by atoms with Crippen LogP contribution in [0.3, 0.4) is 0 Å². The first kappa shape index (κ1) is 14.5. The number of hydrogen-bond acceptors (Lipinski definition) is 2. The van der Waals surface area contributed by atoms with Crippen LogP contribution in [0.1, 0.15) is 43.4 Å². The number of unbranched alkanes of at least 4 members (excludes halogenated alkanes) is 1. The maximum Gasteiger partial charge on any atom is 0.107 e. The van der Waals surface area contributed by atoms with Gasteiger partial charge in [-0.3, -0.25) is 0 Å². The molecule has 3 heteroatoms. The Balaban J connectivity index is 2.89. The van der Waals surface area contributed by atoms with Crippen molar-refractivity contribution in [1.29, 1.82) is 0 Å². The topological polar surface area (TPSA) is 29.5 Å². The molecule has 0 aromatic heterocycles. The molecule has 0 fully saturated rings. The highest BCUT2D eigenvalue weighted by atomic mass is 35.5. The highest BCUT2D eigenvalue weighted by molar-refractivity contribution is 6.31. The molecule has 0 heterocycles. The molecule has 1 aromatic rings. The third-order valence-corrected chi connectivity index (χ3v) is 3.39. The number of rotatable bonds is 6. The van der Waals surface area contributed by atoms with Gasteiger partial charge in [0.05, 0.1) is 6.10 Å². The Kier molecular flexibility index (Phi) is 5.96. The van der Waals surface area contributed by atoms with Crippen LogP contribution in [0.2, 0.25) is 5.02 Å². The van der Waals surface area contributed by atoms with Crippen LogP contribution in [0.25, 0.3) is 0 Å². The smallest absolute Gasteiger partial charge is 0.107 e. The standard InChI is InChI=1S/C14H21ClO2/c1-4-5-9-12(17-3)14(16)13-10(2)7-6-8-11(13)15/h6-8,12,14,16H,4-5,9H2,1-3H3/t12-,14?/m1/s1. The van der Waals surface area contributed by atoms with E-state index in [0.29, 0.717) is 5.02 Å². The van der Waals surface area contributed by atoms with Gasteiger partial charge in [0.1, 0.15) is 6.10 Å². The van der Waals surface area contributed by atoms with Crippen LogP contribution in [0.5, 0.6) is 0 Å². The van der Waals surface area contributed by atoms with Gasteiger partial charge in [-0.1, -0.05) is 43.5 Å². The summed E-state index contributed by atoms with van der Waals surface area (Å²) >= 11 is 6.14. The Morgan fingerprint density at radius 1 is 1.41 bits per heavy atom. The lowest BCUT2D eigenvalue weighted by Crippen LogP contribution is -2.22. The minimum absolute atomic E-state index is 0.187. The van der Waals surface area contributed by atoms with Crippen molar-refractivity contribution >= 4 is 11.6 Å². The summed E-state index contributed by atoms with van der Waals surface area (Å²) in [6, 6.07) is 5.65. The minimum atomic E-state index is -0.653. The summed E-state index contributed by atoms with van der Waals surface area (Å²) in [6.07, 6.45) is 2.14. The van der Waals surface area contributed by atoms with Crippen molar-refractivity contribution in [3.05, 3.63) is 34.3 Å². The van der Waals surface area contributed by atoms with Gasteiger partial charge in [0, 0.05) is 17.7 Å². The molecule has 0 aliphatic heterocycles. The molecule has 0 radical (unpaired) electrons. The Morgan fingerprint density at radius 2 is 2.12 bits per heavy atom. The van der Waals surface area contributed by atoms with E-state index in [-0.39, 0.29) is 6.10 Å². The van der Waals surface area contributed by atoms with Crippen LogP contribution in [0, 0.1) is 6.92 Å². The molecule has 0 amide bonds. The second-order valence-electron chi connectivity index (χ2n) is 4.33. The quantitative estimate of drug-likeness (QED) is 0.837. The zero-order chi connectivity index (χ0) is 12.8. The molecule has 0 aliphatic carbocycles. The monoisotopic (exact) mass is 256 g/mol. The molecule has 2 atom stereocenters. The van der Waals surface area contributed by atoms with Crippen LogP contribution in [0.4, 0.5) is 0 Å². The SMILES string of the molecule is CCCC[C@@H](OC)C(O)c1c(C)cccc1Cl. The Morgan fingerprint density at radius 3 is 2.65 bits per heavy atom. The van der Waals surface area contributed by atoms with Gasteiger partial charge >= 0.3 is 0 Å². The van der Waals surface area contributed by atoms with Crippen molar-refractivity contribution in [3.8, 4) is 0 Å². The van der Waals surface area contributed by atoms with Gasteiger partial charge in [-0.25, -0.2) is 0 Å². The summed E-state index contributed by atoms with van der Waals surface area (Å²) in [5.41, 5.74) is 1.79. The van der Waals surface area contributed by atoms with E-state index in [1.165, 1.54) is 0 Å². The van der Waals surface area contributed by atoms with Crippen LogP contribution >= 0.6 is 11.6 Å². The van der Waals surface area contributed by atoms with Gasteiger partial charge in [-0.2, -0.15) is 0 Å². The molecular formula is C14H21ClO2. The molecule has 1 aromatic carbocycles. The van der Waals surface area contributed by atoms with E-state index in [4.69, 9.17) is 16.3 Å². The van der Waals surface area contributed by atoms with Gasteiger partial charge in [0.15, 0.2) is 0 Å². The largest absolute Gasteiger partial charge is 0.386 e. The van der Waals surface area contributed by atoms with Gasteiger partial charge in [-0.05, 0) is 25.0 Å².